The van der Waals surface area contributed by atoms with E-state index >= 15 is 0 Å². The summed E-state index contributed by atoms with van der Waals surface area (Å²) < 4.78 is 33.1. The SMILES string of the molecule is O=C(Nc1ccc(S(=O)(=O)Nc2nccs2)cc1)c1ccccc1Oc1ccccc1. The van der Waals surface area contributed by atoms with Gasteiger partial charge in [-0.1, -0.05) is 30.3 Å². The van der Waals surface area contributed by atoms with Crippen LogP contribution in [0.15, 0.2) is 95.3 Å². The second-order valence-electron chi connectivity index (χ2n) is 6.33. The van der Waals surface area contributed by atoms with Crippen LogP contribution in [-0.2, 0) is 10.0 Å². The normalized spacial score (nSPS) is 11.0. The summed E-state index contributed by atoms with van der Waals surface area (Å²) in [5, 5.41) is 4.73. The number of aromatic nitrogens is 1. The lowest BCUT2D eigenvalue weighted by molar-refractivity contribution is 0.102. The number of hydrogen-bond donors (Lipinski definition) is 2. The highest BCUT2D eigenvalue weighted by Crippen LogP contribution is 2.26. The monoisotopic (exact) mass is 451 g/mol. The van der Waals surface area contributed by atoms with Gasteiger partial charge in [0.05, 0.1) is 10.5 Å². The Hall–Kier alpha value is -3.69. The van der Waals surface area contributed by atoms with Crippen molar-refractivity contribution in [3.8, 4) is 11.5 Å². The largest absolute Gasteiger partial charge is 0.457 e. The Kier molecular flexibility index (Phi) is 5.96. The predicted octanol–water partition coefficient (Wildman–Crippen LogP) is 4.99. The molecule has 3 aromatic carbocycles. The molecule has 0 radical (unpaired) electrons. The first-order chi connectivity index (χ1) is 15.0. The number of hydrogen-bond acceptors (Lipinski definition) is 6. The molecule has 9 heteroatoms. The summed E-state index contributed by atoms with van der Waals surface area (Å²) in [5.74, 6) is 0.658. The van der Waals surface area contributed by atoms with Crippen LogP contribution in [0.4, 0.5) is 10.8 Å². The van der Waals surface area contributed by atoms with E-state index in [1.807, 2.05) is 18.2 Å². The Bertz CT molecular complexity index is 1270. The van der Waals surface area contributed by atoms with E-state index in [0.717, 1.165) is 0 Å². The lowest BCUT2D eigenvalue weighted by Crippen LogP contribution is -2.14. The fraction of sp³-hybridized carbons (Fsp3) is 0. The van der Waals surface area contributed by atoms with E-state index in [0.29, 0.717) is 22.7 Å². The van der Waals surface area contributed by atoms with Crippen molar-refractivity contribution >= 4 is 38.1 Å². The maximum absolute atomic E-state index is 12.8. The summed E-state index contributed by atoms with van der Waals surface area (Å²) in [7, 11) is -3.76. The number of carbonyl (C=O) groups is 1. The molecule has 1 amide bonds. The molecule has 0 aliphatic heterocycles. The molecule has 0 unspecified atom stereocenters. The molecule has 4 aromatic rings. The highest BCUT2D eigenvalue weighted by molar-refractivity contribution is 7.93. The third-order valence-corrected chi connectivity index (χ3v) is 6.35. The number of sulfonamides is 1. The van der Waals surface area contributed by atoms with Gasteiger partial charge in [0.1, 0.15) is 11.5 Å². The van der Waals surface area contributed by atoms with Gasteiger partial charge in [0.25, 0.3) is 15.9 Å². The van der Waals surface area contributed by atoms with E-state index in [4.69, 9.17) is 4.74 Å². The minimum atomic E-state index is -3.76. The minimum Gasteiger partial charge on any atom is -0.457 e. The van der Waals surface area contributed by atoms with Crippen LogP contribution in [0.2, 0.25) is 0 Å². The zero-order chi connectivity index (χ0) is 21.7. The van der Waals surface area contributed by atoms with Gasteiger partial charge in [-0.25, -0.2) is 13.4 Å². The number of nitrogens with zero attached hydrogens (tertiary/aromatic N) is 1. The van der Waals surface area contributed by atoms with E-state index in [-0.39, 0.29) is 15.9 Å². The number of anilines is 2. The summed E-state index contributed by atoms with van der Waals surface area (Å²) in [4.78, 5) is 16.8. The molecule has 0 bridgehead atoms. The van der Waals surface area contributed by atoms with Crippen LogP contribution in [0, 0.1) is 0 Å². The number of rotatable bonds is 7. The predicted molar refractivity (Wildman–Crippen MR) is 120 cm³/mol. The number of ether oxygens (including phenoxy) is 1. The number of nitrogens with one attached hydrogen (secondary N) is 2. The minimum absolute atomic E-state index is 0.0634. The van der Waals surface area contributed by atoms with Crippen molar-refractivity contribution in [1.82, 2.24) is 4.98 Å². The summed E-state index contributed by atoms with van der Waals surface area (Å²) in [6, 6.07) is 21.9. The summed E-state index contributed by atoms with van der Waals surface area (Å²) in [6.45, 7) is 0. The summed E-state index contributed by atoms with van der Waals surface area (Å²) in [5.41, 5.74) is 0.807. The molecular formula is C22H17N3O4S2. The van der Waals surface area contributed by atoms with E-state index in [1.165, 1.54) is 41.8 Å². The van der Waals surface area contributed by atoms with Crippen molar-refractivity contribution in [1.29, 1.82) is 0 Å². The van der Waals surface area contributed by atoms with Crippen molar-refractivity contribution in [2.75, 3.05) is 10.0 Å². The van der Waals surface area contributed by atoms with Crippen LogP contribution in [0.5, 0.6) is 11.5 Å². The van der Waals surface area contributed by atoms with Crippen LogP contribution in [0.1, 0.15) is 10.4 Å². The molecule has 0 fully saturated rings. The van der Waals surface area contributed by atoms with Crippen molar-refractivity contribution in [2.45, 2.75) is 4.90 Å². The Labute approximate surface area is 183 Å². The molecule has 0 atom stereocenters. The highest BCUT2D eigenvalue weighted by atomic mass is 32.2. The van der Waals surface area contributed by atoms with E-state index in [1.54, 1.807) is 41.8 Å². The first-order valence-corrected chi connectivity index (χ1v) is 11.5. The van der Waals surface area contributed by atoms with Crippen LogP contribution in [0.25, 0.3) is 0 Å². The number of benzene rings is 3. The quantitative estimate of drug-likeness (QED) is 0.413. The third-order valence-electron chi connectivity index (χ3n) is 4.18. The smallest absolute Gasteiger partial charge is 0.263 e. The van der Waals surface area contributed by atoms with Gasteiger partial charge in [0.2, 0.25) is 0 Å². The number of amides is 1. The van der Waals surface area contributed by atoms with Gasteiger partial charge >= 0.3 is 0 Å². The van der Waals surface area contributed by atoms with Crippen LogP contribution in [-0.4, -0.2) is 19.3 Å². The molecule has 0 aliphatic carbocycles. The van der Waals surface area contributed by atoms with E-state index in [9.17, 15) is 13.2 Å². The third kappa shape index (κ3) is 5.08. The molecule has 7 nitrogen and oxygen atoms in total. The van der Waals surface area contributed by atoms with Gasteiger partial charge in [-0.2, -0.15) is 0 Å². The second-order valence-corrected chi connectivity index (χ2v) is 8.91. The van der Waals surface area contributed by atoms with Gasteiger partial charge in [-0.15, -0.1) is 11.3 Å². The molecule has 1 aromatic heterocycles. The Morgan fingerprint density at radius 1 is 0.903 bits per heavy atom. The molecule has 156 valence electrons. The lowest BCUT2D eigenvalue weighted by atomic mass is 10.2. The van der Waals surface area contributed by atoms with Gasteiger partial charge in [0.15, 0.2) is 5.13 Å². The molecule has 0 spiro atoms. The first kappa shape index (κ1) is 20.6. The number of carbonyl (C=O) groups excluding carboxylic acids is 1. The summed E-state index contributed by atoms with van der Waals surface area (Å²) >= 11 is 1.19. The van der Waals surface area contributed by atoms with Gasteiger partial charge in [0, 0.05) is 17.3 Å². The van der Waals surface area contributed by atoms with Gasteiger partial charge in [-0.05, 0) is 48.5 Å². The van der Waals surface area contributed by atoms with Crippen molar-refractivity contribution in [3.63, 3.8) is 0 Å². The maximum atomic E-state index is 12.8. The average Bonchev–Trinajstić information content (AvgIpc) is 3.27. The van der Waals surface area contributed by atoms with Gasteiger partial charge < -0.3 is 10.1 Å². The summed E-state index contributed by atoms with van der Waals surface area (Å²) in [6.07, 6.45) is 1.51. The van der Waals surface area contributed by atoms with Crippen molar-refractivity contribution in [2.24, 2.45) is 0 Å². The lowest BCUT2D eigenvalue weighted by Gasteiger charge is -2.12. The Balaban J connectivity index is 1.48. The Morgan fingerprint density at radius 3 is 2.32 bits per heavy atom. The van der Waals surface area contributed by atoms with Gasteiger partial charge in [-0.3, -0.25) is 9.52 Å². The fourth-order valence-corrected chi connectivity index (χ4v) is 4.51. The molecular weight excluding hydrogens is 434 g/mol. The second kappa shape index (κ2) is 8.99. The molecule has 1 heterocycles. The highest BCUT2D eigenvalue weighted by Gasteiger charge is 2.17. The standard InChI is InChI=1S/C22H17N3O4S2/c26-21(19-8-4-5-9-20(19)29-17-6-2-1-3-7-17)24-16-10-12-18(13-11-16)31(27,28)25-22-23-14-15-30-22/h1-15H,(H,23,25)(H,24,26). The average molecular weight is 452 g/mol. The molecule has 0 aliphatic rings. The van der Waals surface area contributed by atoms with Crippen LogP contribution >= 0.6 is 11.3 Å². The number of para-hydroxylation sites is 2. The van der Waals surface area contributed by atoms with E-state index < -0.39 is 10.0 Å². The number of thiazole rings is 1. The zero-order valence-corrected chi connectivity index (χ0v) is 17.7. The van der Waals surface area contributed by atoms with Crippen molar-refractivity contribution in [3.05, 3.63) is 96.0 Å². The maximum Gasteiger partial charge on any atom is 0.263 e. The first-order valence-electron chi connectivity index (χ1n) is 9.17. The molecule has 2 N–H and O–H groups in total. The van der Waals surface area contributed by atoms with Crippen molar-refractivity contribution < 1.29 is 17.9 Å². The molecule has 0 saturated heterocycles. The molecule has 4 rings (SSSR count). The van der Waals surface area contributed by atoms with Crippen LogP contribution < -0.4 is 14.8 Å². The fourth-order valence-electron chi connectivity index (χ4n) is 2.72. The van der Waals surface area contributed by atoms with E-state index in [2.05, 4.69) is 15.0 Å². The molecule has 0 saturated carbocycles. The Morgan fingerprint density at radius 2 is 1.61 bits per heavy atom. The van der Waals surface area contributed by atoms with Crippen LogP contribution in [0.3, 0.4) is 0 Å². The zero-order valence-electron chi connectivity index (χ0n) is 16.1. The topological polar surface area (TPSA) is 97.4 Å². The molecule has 31 heavy (non-hydrogen) atoms.